The van der Waals surface area contributed by atoms with Crippen molar-refractivity contribution in [1.82, 2.24) is 20.0 Å². The average molecular weight is 413 g/mol. The zero-order chi connectivity index (χ0) is 20.5. The van der Waals surface area contributed by atoms with Crippen LogP contribution in [-0.4, -0.2) is 44.0 Å². The van der Waals surface area contributed by atoms with Gasteiger partial charge in [0.1, 0.15) is 0 Å². The molecule has 4 rings (SSSR count). The van der Waals surface area contributed by atoms with Crippen LogP contribution < -0.4 is 5.32 Å². The molecule has 1 aliphatic carbocycles. The van der Waals surface area contributed by atoms with Gasteiger partial charge in [-0.25, -0.2) is 4.68 Å². The molecular formula is C21H24N4O3S. The number of carbonyl (C=O) groups excluding carboxylic acids is 3. The Morgan fingerprint density at radius 2 is 2.10 bits per heavy atom. The molecule has 0 unspecified atom stereocenters. The number of hydrogen-bond acceptors (Lipinski definition) is 5. The van der Waals surface area contributed by atoms with Crippen LogP contribution in [0.2, 0.25) is 0 Å². The van der Waals surface area contributed by atoms with Crippen LogP contribution in [-0.2, 0) is 16.0 Å². The highest BCUT2D eigenvalue weighted by Crippen LogP contribution is 2.31. The lowest BCUT2D eigenvalue weighted by Gasteiger charge is -2.24. The first-order valence-corrected chi connectivity index (χ1v) is 10.8. The molecule has 152 valence electrons. The topological polar surface area (TPSA) is 84.3 Å². The van der Waals surface area contributed by atoms with E-state index in [1.807, 2.05) is 10.9 Å². The maximum absolute atomic E-state index is 12.5. The van der Waals surface area contributed by atoms with Crippen molar-refractivity contribution in [1.29, 1.82) is 0 Å². The van der Waals surface area contributed by atoms with Gasteiger partial charge in [0, 0.05) is 24.2 Å². The van der Waals surface area contributed by atoms with E-state index in [1.54, 1.807) is 0 Å². The van der Waals surface area contributed by atoms with Crippen molar-refractivity contribution < 1.29 is 14.4 Å². The molecule has 0 spiro atoms. The summed E-state index contributed by atoms with van der Waals surface area (Å²) in [6.45, 7) is 4.31. The zero-order valence-corrected chi connectivity index (χ0v) is 17.4. The van der Waals surface area contributed by atoms with Crippen molar-refractivity contribution in [3.8, 4) is 5.69 Å². The SMILES string of the molecule is Cc1ccc(-n2ncc3c2CCC[C@H]3NC(=O)CCN2C(=O)CSC2=O)cc1C. The molecule has 8 heteroatoms. The molecular weight excluding hydrogens is 388 g/mol. The number of nitrogens with zero attached hydrogens (tertiary/aromatic N) is 3. The molecule has 2 aliphatic rings. The van der Waals surface area contributed by atoms with Crippen LogP contribution in [0.1, 0.15) is 47.7 Å². The summed E-state index contributed by atoms with van der Waals surface area (Å²) in [4.78, 5) is 37.0. The molecule has 0 radical (unpaired) electrons. The molecule has 1 aliphatic heterocycles. The summed E-state index contributed by atoms with van der Waals surface area (Å²) in [6.07, 6.45) is 4.71. The number of imide groups is 1. The molecule has 2 aromatic rings. The lowest BCUT2D eigenvalue weighted by molar-refractivity contribution is -0.125. The molecule has 1 fully saturated rings. The second-order valence-corrected chi connectivity index (χ2v) is 8.52. The largest absolute Gasteiger partial charge is 0.349 e. The van der Waals surface area contributed by atoms with E-state index in [0.29, 0.717) is 0 Å². The fourth-order valence-corrected chi connectivity index (χ4v) is 4.62. The number of aryl methyl sites for hydroxylation is 2. The number of fused-ring (bicyclic) bond motifs is 1. The fraction of sp³-hybridized carbons (Fsp3) is 0.429. The zero-order valence-electron chi connectivity index (χ0n) is 16.6. The first-order valence-electron chi connectivity index (χ1n) is 9.85. The third-order valence-corrected chi connectivity index (χ3v) is 6.51. The van der Waals surface area contributed by atoms with Crippen molar-refractivity contribution in [3.05, 3.63) is 46.8 Å². The van der Waals surface area contributed by atoms with Gasteiger partial charge in [0.15, 0.2) is 0 Å². The highest BCUT2D eigenvalue weighted by Gasteiger charge is 2.31. The molecule has 1 aromatic heterocycles. The van der Waals surface area contributed by atoms with E-state index in [0.717, 1.165) is 52.9 Å². The Labute approximate surface area is 173 Å². The summed E-state index contributed by atoms with van der Waals surface area (Å²) in [5, 5.41) is 7.39. The van der Waals surface area contributed by atoms with Gasteiger partial charge in [-0.05, 0) is 56.4 Å². The van der Waals surface area contributed by atoms with Gasteiger partial charge in [-0.15, -0.1) is 0 Å². The van der Waals surface area contributed by atoms with Gasteiger partial charge >= 0.3 is 0 Å². The van der Waals surface area contributed by atoms with Crippen molar-refractivity contribution in [3.63, 3.8) is 0 Å². The molecule has 1 atom stereocenters. The molecule has 1 saturated heterocycles. The maximum atomic E-state index is 12.5. The number of rotatable bonds is 5. The van der Waals surface area contributed by atoms with Gasteiger partial charge in [0.05, 0.1) is 23.7 Å². The number of nitrogens with one attached hydrogen (secondary N) is 1. The first-order chi connectivity index (χ1) is 13.9. The lowest BCUT2D eigenvalue weighted by atomic mass is 9.92. The van der Waals surface area contributed by atoms with Gasteiger partial charge in [0.25, 0.3) is 5.24 Å². The summed E-state index contributed by atoms with van der Waals surface area (Å²) in [5.41, 5.74) is 5.67. The highest BCUT2D eigenvalue weighted by atomic mass is 32.2. The quantitative estimate of drug-likeness (QED) is 0.816. The summed E-state index contributed by atoms with van der Waals surface area (Å²) in [5.74, 6) is -0.203. The Morgan fingerprint density at radius 1 is 1.28 bits per heavy atom. The highest BCUT2D eigenvalue weighted by molar-refractivity contribution is 8.14. The monoisotopic (exact) mass is 412 g/mol. The van der Waals surface area contributed by atoms with E-state index in [4.69, 9.17) is 0 Å². The Kier molecular flexibility index (Phi) is 5.45. The number of benzene rings is 1. The molecule has 0 saturated carbocycles. The van der Waals surface area contributed by atoms with E-state index in [-0.39, 0.29) is 41.8 Å². The Bertz CT molecular complexity index is 968. The van der Waals surface area contributed by atoms with Crippen LogP contribution in [0, 0.1) is 13.8 Å². The van der Waals surface area contributed by atoms with Gasteiger partial charge in [-0.2, -0.15) is 5.10 Å². The van der Waals surface area contributed by atoms with Crippen molar-refractivity contribution in [2.45, 2.75) is 45.6 Å². The van der Waals surface area contributed by atoms with Crippen molar-refractivity contribution >= 4 is 28.8 Å². The second kappa shape index (κ2) is 8.02. The minimum absolute atomic E-state index is 0.0918. The van der Waals surface area contributed by atoms with E-state index in [9.17, 15) is 14.4 Å². The first kappa shape index (κ1) is 19.7. The van der Waals surface area contributed by atoms with Crippen LogP contribution in [0.5, 0.6) is 0 Å². The van der Waals surface area contributed by atoms with Gasteiger partial charge in [-0.1, -0.05) is 17.8 Å². The number of amides is 3. The van der Waals surface area contributed by atoms with Crippen LogP contribution in [0.3, 0.4) is 0 Å². The minimum Gasteiger partial charge on any atom is -0.349 e. The molecule has 7 nitrogen and oxygen atoms in total. The van der Waals surface area contributed by atoms with E-state index in [2.05, 4.69) is 42.5 Å². The predicted octanol–water partition coefficient (Wildman–Crippen LogP) is 3.07. The fourth-order valence-electron chi connectivity index (χ4n) is 3.86. The minimum atomic E-state index is -0.266. The molecule has 1 N–H and O–H groups in total. The van der Waals surface area contributed by atoms with E-state index >= 15 is 0 Å². The number of hydrogen-bond donors (Lipinski definition) is 1. The normalized spacial score (nSPS) is 18.8. The number of thioether (sulfide) groups is 1. The molecule has 2 heterocycles. The van der Waals surface area contributed by atoms with E-state index in [1.165, 1.54) is 11.1 Å². The van der Waals surface area contributed by atoms with Crippen LogP contribution in [0.15, 0.2) is 24.4 Å². The van der Waals surface area contributed by atoms with Gasteiger partial charge in [0.2, 0.25) is 11.8 Å². The lowest BCUT2D eigenvalue weighted by Crippen LogP contribution is -2.36. The molecule has 1 aromatic carbocycles. The van der Waals surface area contributed by atoms with Crippen LogP contribution >= 0.6 is 11.8 Å². The summed E-state index contributed by atoms with van der Waals surface area (Å²) in [6, 6.07) is 6.21. The molecule has 29 heavy (non-hydrogen) atoms. The average Bonchev–Trinajstić information content (AvgIpc) is 3.27. The van der Waals surface area contributed by atoms with Gasteiger partial charge < -0.3 is 5.32 Å². The smallest absolute Gasteiger partial charge is 0.288 e. The molecule has 0 bridgehead atoms. The third kappa shape index (κ3) is 3.94. The summed E-state index contributed by atoms with van der Waals surface area (Å²) < 4.78 is 1.97. The van der Waals surface area contributed by atoms with Crippen molar-refractivity contribution in [2.24, 2.45) is 0 Å². The Morgan fingerprint density at radius 3 is 2.83 bits per heavy atom. The van der Waals surface area contributed by atoms with E-state index < -0.39 is 0 Å². The predicted molar refractivity (Wildman–Crippen MR) is 111 cm³/mol. The Hall–Kier alpha value is -2.61. The summed E-state index contributed by atoms with van der Waals surface area (Å²) in [7, 11) is 0. The summed E-state index contributed by atoms with van der Waals surface area (Å²) >= 11 is 0.989. The standard InChI is InChI=1S/C21H24N4O3S/c1-13-6-7-15(10-14(13)2)25-18-5-3-4-17(16(18)11-22-25)23-19(26)8-9-24-20(27)12-29-21(24)28/h6-7,10-11,17H,3-5,8-9,12H2,1-2H3,(H,23,26)/t17-/m1/s1. The van der Waals surface area contributed by atoms with Crippen molar-refractivity contribution in [2.75, 3.05) is 12.3 Å². The van der Waals surface area contributed by atoms with Gasteiger partial charge in [-0.3, -0.25) is 19.3 Å². The second-order valence-electron chi connectivity index (χ2n) is 7.59. The van der Waals surface area contributed by atoms with Crippen LogP contribution in [0.4, 0.5) is 4.79 Å². The molecule has 3 amide bonds. The Balaban J connectivity index is 1.45. The maximum Gasteiger partial charge on any atom is 0.288 e. The van der Waals surface area contributed by atoms with Crippen LogP contribution in [0.25, 0.3) is 5.69 Å². The third-order valence-electron chi connectivity index (χ3n) is 5.66. The number of carbonyl (C=O) groups is 3. The number of aromatic nitrogens is 2.